The average Bonchev–Trinajstić information content (AvgIpc) is 2.84. The summed E-state index contributed by atoms with van der Waals surface area (Å²) in [7, 11) is 0. The van der Waals surface area contributed by atoms with Crippen LogP contribution in [0.2, 0.25) is 0 Å². The van der Waals surface area contributed by atoms with Crippen molar-refractivity contribution >= 4 is 10.9 Å². The van der Waals surface area contributed by atoms with Crippen molar-refractivity contribution in [3.8, 4) is 0 Å². The number of aromatic nitrogens is 1. The van der Waals surface area contributed by atoms with Crippen molar-refractivity contribution in [3.05, 3.63) is 35.0 Å². The Bertz CT molecular complexity index is 609. The molecule has 0 amide bonds. The third-order valence-electron chi connectivity index (χ3n) is 4.86. The van der Waals surface area contributed by atoms with Gasteiger partial charge in [0.1, 0.15) is 0 Å². The van der Waals surface area contributed by atoms with Crippen LogP contribution in [-0.2, 0) is 16.6 Å². The lowest BCUT2D eigenvalue weighted by Crippen LogP contribution is -2.41. The molecule has 1 aromatic heterocycles. The minimum absolute atomic E-state index is 0.0763. The molecular weight excluding hydrogens is 248 g/mol. The monoisotopic (exact) mass is 272 g/mol. The number of hydrogen-bond donors (Lipinski definition) is 2. The summed E-state index contributed by atoms with van der Waals surface area (Å²) in [5, 5.41) is 1.36. The van der Waals surface area contributed by atoms with Gasteiger partial charge in [0.05, 0.1) is 0 Å². The number of aromatic amines is 1. The number of ether oxygens (including phenoxy) is 1. The predicted molar refractivity (Wildman–Crippen MR) is 83.2 cm³/mol. The van der Waals surface area contributed by atoms with Gasteiger partial charge in [-0.3, -0.25) is 0 Å². The summed E-state index contributed by atoms with van der Waals surface area (Å²) in [5.41, 5.74) is 11.6. The summed E-state index contributed by atoms with van der Waals surface area (Å²) in [4.78, 5) is 3.61. The SMILES string of the molecule is CCc1cccc2c(C3(CN)CCOCC3)c(C)[nH]c12. The van der Waals surface area contributed by atoms with E-state index < -0.39 is 0 Å². The Labute approximate surface area is 120 Å². The highest BCUT2D eigenvalue weighted by molar-refractivity contribution is 5.88. The first-order chi connectivity index (χ1) is 9.72. The fraction of sp³-hybridized carbons (Fsp3) is 0.529. The molecule has 3 heteroatoms. The number of fused-ring (bicyclic) bond motifs is 1. The maximum atomic E-state index is 6.19. The minimum atomic E-state index is 0.0763. The molecule has 2 aromatic rings. The molecule has 3 nitrogen and oxygen atoms in total. The van der Waals surface area contributed by atoms with E-state index in [1.165, 1.54) is 27.7 Å². The number of benzene rings is 1. The molecule has 1 aliphatic rings. The Morgan fingerprint density at radius 2 is 2.05 bits per heavy atom. The zero-order valence-electron chi connectivity index (χ0n) is 12.5. The van der Waals surface area contributed by atoms with E-state index in [-0.39, 0.29) is 5.41 Å². The number of para-hydroxylation sites is 1. The zero-order chi connectivity index (χ0) is 14.2. The lowest BCUT2D eigenvalue weighted by Gasteiger charge is -2.37. The van der Waals surface area contributed by atoms with Gasteiger partial charge in [0, 0.05) is 41.8 Å². The molecule has 0 spiro atoms. The molecule has 0 radical (unpaired) electrons. The van der Waals surface area contributed by atoms with Crippen LogP contribution < -0.4 is 5.73 Å². The van der Waals surface area contributed by atoms with Crippen LogP contribution in [-0.4, -0.2) is 24.7 Å². The van der Waals surface area contributed by atoms with Gasteiger partial charge in [-0.2, -0.15) is 0 Å². The highest BCUT2D eigenvalue weighted by Crippen LogP contribution is 2.40. The molecule has 1 saturated heterocycles. The molecule has 0 atom stereocenters. The maximum Gasteiger partial charge on any atom is 0.0491 e. The molecule has 0 unspecified atom stereocenters. The standard InChI is InChI=1S/C17H24N2O/c1-3-13-5-4-6-14-15(12(2)19-16(13)14)17(11-18)7-9-20-10-8-17/h4-6,19H,3,7-11,18H2,1-2H3. The molecular formula is C17H24N2O. The molecule has 0 saturated carbocycles. The molecule has 3 rings (SSSR count). The van der Waals surface area contributed by atoms with Crippen molar-refractivity contribution in [1.29, 1.82) is 0 Å². The van der Waals surface area contributed by atoms with Crippen LogP contribution in [0, 0.1) is 6.92 Å². The van der Waals surface area contributed by atoms with E-state index in [0.717, 1.165) is 32.5 Å². The Hall–Kier alpha value is -1.32. The molecule has 1 aromatic carbocycles. The molecule has 20 heavy (non-hydrogen) atoms. The van der Waals surface area contributed by atoms with E-state index in [0.29, 0.717) is 6.54 Å². The van der Waals surface area contributed by atoms with E-state index in [9.17, 15) is 0 Å². The van der Waals surface area contributed by atoms with Crippen molar-refractivity contribution in [2.75, 3.05) is 19.8 Å². The van der Waals surface area contributed by atoms with Crippen LogP contribution in [0.1, 0.15) is 36.6 Å². The Balaban J connectivity index is 2.22. The predicted octanol–water partition coefficient (Wildman–Crippen LogP) is 3.05. The first kappa shape index (κ1) is 13.7. The van der Waals surface area contributed by atoms with E-state index >= 15 is 0 Å². The third-order valence-corrected chi connectivity index (χ3v) is 4.86. The van der Waals surface area contributed by atoms with E-state index in [1.807, 2.05) is 0 Å². The third kappa shape index (κ3) is 1.97. The van der Waals surface area contributed by atoms with Crippen molar-refractivity contribution in [2.45, 2.75) is 38.5 Å². The van der Waals surface area contributed by atoms with Gasteiger partial charge in [0.25, 0.3) is 0 Å². The number of nitrogens with one attached hydrogen (secondary N) is 1. The largest absolute Gasteiger partial charge is 0.381 e. The minimum Gasteiger partial charge on any atom is -0.381 e. The number of aryl methyl sites for hydroxylation is 2. The van der Waals surface area contributed by atoms with Crippen molar-refractivity contribution in [2.24, 2.45) is 5.73 Å². The van der Waals surface area contributed by atoms with Gasteiger partial charge < -0.3 is 15.5 Å². The summed E-state index contributed by atoms with van der Waals surface area (Å²) in [6, 6.07) is 6.61. The van der Waals surface area contributed by atoms with Crippen molar-refractivity contribution < 1.29 is 4.74 Å². The average molecular weight is 272 g/mol. The summed E-state index contributed by atoms with van der Waals surface area (Å²) >= 11 is 0. The molecule has 2 heterocycles. The van der Waals surface area contributed by atoms with Crippen LogP contribution in [0.25, 0.3) is 10.9 Å². The lowest BCUT2D eigenvalue weighted by atomic mass is 9.73. The molecule has 3 N–H and O–H groups in total. The summed E-state index contributed by atoms with van der Waals surface area (Å²) in [5.74, 6) is 0. The van der Waals surface area contributed by atoms with Crippen LogP contribution in [0.5, 0.6) is 0 Å². The van der Waals surface area contributed by atoms with Gasteiger partial charge in [-0.05, 0) is 37.3 Å². The fourth-order valence-corrected chi connectivity index (χ4v) is 3.70. The quantitative estimate of drug-likeness (QED) is 0.902. The van der Waals surface area contributed by atoms with Crippen molar-refractivity contribution in [3.63, 3.8) is 0 Å². The first-order valence-electron chi connectivity index (χ1n) is 7.60. The fourth-order valence-electron chi connectivity index (χ4n) is 3.70. The van der Waals surface area contributed by atoms with Gasteiger partial charge in [0.2, 0.25) is 0 Å². The molecule has 0 aliphatic carbocycles. The van der Waals surface area contributed by atoms with Crippen LogP contribution >= 0.6 is 0 Å². The summed E-state index contributed by atoms with van der Waals surface area (Å²) in [6.07, 6.45) is 3.09. The normalized spacial score (nSPS) is 18.6. The molecule has 108 valence electrons. The van der Waals surface area contributed by atoms with Gasteiger partial charge in [-0.25, -0.2) is 0 Å². The topological polar surface area (TPSA) is 51.0 Å². The van der Waals surface area contributed by atoms with E-state index in [1.54, 1.807) is 0 Å². The molecule has 0 bridgehead atoms. The molecule has 1 fully saturated rings. The summed E-state index contributed by atoms with van der Waals surface area (Å²) < 4.78 is 5.56. The number of H-pyrrole nitrogens is 1. The van der Waals surface area contributed by atoms with Crippen LogP contribution in [0.15, 0.2) is 18.2 Å². The Morgan fingerprint density at radius 3 is 2.70 bits per heavy atom. The van der Waals surface area contributed by atoms with E-state index in [4.69, 9.17) is 10.5 Å². The Morgan fingerprint density at radius 1 is 1.30 bits per heavy atom. The molecule has 1 aliphatic heterocycles. The second-order valence-corrected chi connectivity index (χ2v) is 5.92. The first-order valence-corrected chi connectivity index (χ1v) is 7.60. The van der Waals surface area contributed by atoms with Crippen molar-refractivity contribution in [1.82, 2.24) is 4.98 Å². The zero-order valence-corrected chi connectivity index (χ0v) is 12.5. The van der Waals surface area contributed by atoms with Crippen LogP contribution in [0.4, 0.5) is 0 Å². The number of rotatable bonds is 3. The van der Waals surface area contributed by atoms with Crippen LogP contribution in [0.3, 0.4) is 0 Å². The maximum absolute atomic E-state index is 6.19. The van der Waals surface area contributed by atoms with Gasteiger partial charge >= 0.3 is 0 Å². The second-order valence-electron chi connectivity index (χ2n) is 5.92. The van der Waals surface area contributed by atoms with Gasteiger partial charge in [0.15, 0.2) is 0 Å². The second kappa shape index (κ2) is 5.23. The highest BCUT2D eigenvalue weighted by atomic mass is 16.5. The lowest BCUT2D eigenvalue weighted by molar-refractivity contribution is 0.0532. The van der Waals surface area contributed by atoms with E-state index in [2.05, 4.69) is 37.0 Å². The van der Waals surface area contributed by atoms with Gasteiger partial charge in [-0.1, -0.05) is 25.1 Å². The number of nitrogens with two attached hydrogens (primary N) is 1. The Kier molecular flexibility index (Phi) is 3.57. The summed E-state index contributed by atoms with van der Waals surface area (Å²) in [6.45, 7) is 6.72. The smallest absolute Gasteiger partial charge is 0.0491 e. The number of hydrogen-bond acceptors (Lipinski definition) is 2. The van der Waals surface area contributed by atoms with Gasteiger partial charge in [-0.15, -0.1) is 0 Å². The highest BCUT2D eigenvalue weighted by Gasteiger charge is 2.36.